The van der Waals surface area contributed by atoms with Crippen LogP contribution in [0.4, 0.5) is 5.82 Å². The van der Waals surface area contributed by atoms with Crippen molar-refractivity contribution in [2.24, 2.45) is 0 Å². The number of nitrogens with zero attached hydrogens (tertiary/aromatic N) is 2. The number of ether oxygens (including phenoxy) is 2. The Morgan fingerprint density at radius 2 is 1.68 bits per heavy atom. The molecule has 0 aliphatic heterocycles. The molecule has 0 aliphatic rings. The Morgan fingerprint density at radius 1 is 0.903 bits per heavy atom. The SMILES string of the molecule is COc1ccc(CCNc2nc(Cc3ccccc3)nc3sc(C)c(C)c23)cc1OC. The van der Waals surface area contributed by atoms with Gasteiger partial charge in [0.2, 0.25) is 0 Å². The fourth-order valence-corrected chi connectivity index (χ4v) is 4.69. The normalized spacial score (nSPS) is 11.0. The van der Waals surface area contributed by atoms with Gasteiger partial charge in [-0.1, -0.05) is 36.4 Å². The Kier molecular flexibility index (Phi) is 6.37. The summed E-state index contributed by atoms with van der Waals surface area (Å²) >= 11 is 1.73. The zero-order chi connectivity index (χ0) is 21.8. The van der Waals surface area contributed by atoms with Crippen LogP contribution >= 0.6 is 11.3 Å². The van der Waals surface area contributed by atoms with Crippen LogP contribution in [0.1, 0.15) is 27.4 Å². The van der Waals surface area contributed by atoms with E-state index >= 15 is 0 Å². The van der Waals surface area contributed by atoms with Crippen molar-refractivity contribution < 1.29 is 9.47 Å². The summed E-state index contributed by atoms with van der Waals surface area (Å²) in [5.74, 6) is 3.25. The second kappa shape index (κ2) is 9.35. The van der Waals surface area contributed by atoms with E-state index in [1.165, 1.54) is 21.6 Å². The van der Waals surface area contributed by atoms with E-state index in [-0.39, 0.29) is 0 Å². The fourth-order valence-electron chi connectivity index (χ4n) is 3.64. The van der Waals surface area contributed by atoms with E-state index in [1.54, 1.807) is 25.6 Å². The first-order chi connectivity index (χ1) is 15.1. The summed E-state index contributed by atoms with van der Waals surface area (Å²) in [6.45, 7) is 5.06. The maximum absolute atomic E-state index is 5.43. The molecule has 4 aromatic rings. The summed E-state index contributed by atoms with van der Waals surface area (Å²) < 4.78 is 10.8. The highest BCUT2D eigenvalue weighted by atomic mass is 32.1. The monoisotopic (exact) mass is 433 g/mol. The topological polar surface area (TPSA) is 56.3 Å². The minimum Gasteiger partial charge on any atom is -0.493 e. The molecule has 160 valence electrons. The van der Waals surface area contributed by atoms with E-state index < -0.39 is 0 Å². The molecule has 0 spiro atoms. The molecule has 0 atom stereocenters. The molecule has 0 unspecified atom stereocenters. The number of methoxy groups -OCH3 is 2. The van der Waals surface area contributed by atoms with E-state index in [9.17, 15) is 0 Å². The molecule has 0 saturated carbocycles. The molecule has 5 nitrogen and oxygen atoms in total. The summed E-state index contributed by atoms with van der Waals surface area (Å²) in [6, 6.07) is 16.4. The van der Waals surface area contributed by atoms with Crippen molar-refractivity contribution in [3.63, 3.8) is 0 Å². The molecule has 0 amide bonds. The lowest BCUT2D eigenvalue weighted by atomic mass is 10.1. The molecule has 31 heavy (non-hydrogen) atoms. The minimum atomic E-state index is 0.719. The van der Waals surface area contributed by atoms with Crippen LogP contribution in [-0.2, 0) is 12.8 Å². The van der Waals surface area contributed by atoms with Crippen LogP contribution in [0.3, 0.4) is 0 Å². The van der Waals surface area contributed by atoms with Gasteiger partial charge >= 0.3 is 0 Å². The van der Waals surface area contributed by atoms with Crippen molar-refractivity contribution in [1.82, 2.24) is 9.97 Å². The van der Waals surface area contributed by atoms with Gasteiger partial charge < -0.3 is 14.8 Å². The molecule has 2 aromatic heterocycles. The molecule has 0 aliphatic carbocycles. The second-order valence-corrected chi connectivity index (χ2v) is 8.68. The molecule has 2 aromatic carbocycles. The molecule has 0 fully saturated rings. The van der Waals surface area contributed by atoms with Crippen molar-refractivity contribution in [2.45, 2.75) is 26.7 Å². The number of rotatable bonds is 8. The summed E-state index contributed by atoms with van der Waals surface area (Å²) in [7, 11) is 3.31. The lowest BCUT2D eigenvalue weighted by Crippen LogP contribution is -2.09. The zero-order valence-electron chi connectivity index (χ0n) is 18.4. The van der Waals surface area contributed by atoms with E-state index in [0.29, 0.717) is 0 Å². The van der Waals surface area contributed by atoms with Gasteiger partial charge in [-0.05, 0) is 49.1 Å². The van der Waals surface area contributed by atoms with Crippen LogP contribution in [0, 0.1) is 13.8 Å². The van der Waals surface area contributed by atoms with E-state index in [0.717, 1.165) is 52.7 Å². The highest BCUT2D eigenvalue weighted by Crippen LogP contribution is 2.34. The number of nitrogens with one attached hydrogen (secondary N) is 1. The Morgan fingerprint density at radius 3 is 2.42 bits per heavy atom. The predicted molar refractivity (Wildman–Crippen MR) is 128 cm³/mol. The van der Waals surface area contributed by atoms with Crippen molar-refractivity contribution in [2.75, 3.05) is 26.1 Å². The number of aromatic nitrogens is 2. The third-order valence-corrected chi connectivity index (χ3v) is 6.54. The molecule has 6 heteroatoms. The molecule has 0 radical (unpaired) electrons. The number of fused-ring (bicyclic) bond motifs is 1. The van der Waals surface area contributed by atoms with Gasteiger partial charge in [0.25, 0.3) is 0 Å². The van der Waals surface area contributed by atoms with Crippen LogP contribution in [0.15, 0.2) is 48.5 Å². The van der Waals surface area contributed by atoms with E-state index in [1.807, 2.05) is 18.2 Å². The standard InChI is InChI=1S/C25H27N3O2S/c1-16-17(2)31-25-23(16)24(27-22(28-25)15-18-8-6-5-7-9-18)26-13-12-19-10-11-20(29-3)21(14-19)30-4/h5-11,14H,12-13,15H2,1-4H3,(H,26,27,28). The first-order valence-corrected chi connectivity index (χ1v) is 11.2. The number of anilines is 1. The fraction of sp³-hybridized carbons (Fsp3) is 0.280. The average Bonchev–Trinajstić information content (AvgIpc) is 3.07. The zero-order valence-corrected chi connectivity index (χ0v) is 19.2. The number of hydrogen-bond acceptors (Lipinski definition) is 6. The largest absolute Gasteiger partial charge is 0.493 e. The van der Waals surface area contributed by atoms with Crippen molar-refractivity contribution in [1.29, 1.82) is 0 Å². The molecule has 1 N–H and O–H groups in total. The number of aryl methyl sites for hydroxylation is 2. The third kappa shape index (κ3) is 4.64. The van der Waals surface area contributed by atoms with Crippen LogP contribution in [0.2, 0.25) is 0 Å². The smallest absolute Gasteiger partial charge is 0.160 e. The first-order valence-electron chi connectivity index (χ1n) is 10.3. The molecule has 4 rings (SSSR count). The Labute approximate surface area is 187 Å². The molecule has 0 bridgehead atoms. The Bertz CT molecular complexity index is 1190. The van der Waals surface area contributed by atoms with Gasteiger partial charge in [-0.15, -0.1) is 11.3 Å². The van der Waals surface area contributed by atoms with Gasteiger partial charge in [0.1, 0.15) is 16.5 Å². The summed E-state index contributed by atoms with van der Waals surface area (Å²) in [4.78, 5) is 12.1. The van der Waals surface area contributed by atoms with Crippen LogP contribution in [0.5, 0.6) is 11.5 Å². The van der Waals surface area contributed by atoms with Gasteiger partial charge in [0.05, 0.1) is 19.6 Å². The average molecular weight is 434 g/mol. The summed E-state index contributed by atoms with van der Waals surface area (Å²) in [6.07, 6.45) is 1.57. The van der Waals surface area contributed by atoms with Gasteiger partial charge in [-0.2, -0.15) is 0 Å². The van der Waals surface area contributed by atoms with Gasteiger partial charge in [0, 0.05) is 17.8 Å². The lowest BCUT2D eigenvalue weighted by Gasteiger charge is -2.12. The molecular weight excluding hydrogens is 406 g/mol. The maximum atomic E-state index is 5.43. The van der Waals surface area contributed by atoms with Crippen molar-refractivity contribution >= 4 is 27.4 Å². The molecule has 2 heterocycles. The van der Waals surface area contributed by atoms with Crippen molar-refractivity contribution in [3.05, 3.63) is 75.9 Å². The Balaban J connectivity index is 1.57. The van der Waals surface area contributed by atoms with Crippen LogP contribution in [0.25, 0.3) is 10.2 Å². The molecular formula is C25H27N3O2S. The Hall–Kier alpha value is -3.12. The van der Waals surface area contributed by atoms with E-state index in [4.69, 9.17) is 19.4 Å². The summed E-state index contributed by atoms with van der Waals surface area (Å²) in [5.41, 5.74) is 3.64. The van der Waals surface area contributed by atoms with Gasteiger partial charge in [-0.3, -0.25) is 0 Å². The quantitative estimate of drug-likeness (QED) is 0.394. The van der Waals surface area contributed by atoms with Crippen LogP contribution < -0.4 is 14.8 Å². The third-order valence-electron chi connectivity index (χ3n) is 5.43. The highest BCUT2D eigenvalue weighted by molar-refractivity contribution is 7.18. The number of hydrogen-bond donors (Lipinski definition) is 1. The number of benzene rings is 2. The van der Waals surface area contributed by atoms with E-state index in [2.05, 4.69) is 49.5 Å². The van der Waals surface area contributed by atoms with Gasteiger partial charge in [0.15, 0.2) is 11.5 Å². The van der Waals surface area contributed by atoms with Crippen LogP contribution in [-0.4, -0.2) is 30.7 Å². The molecule has 0 saturated heterocycles. The highest BCUT2D eigenvalue weighted by Gasteiger charge is 2.15. The minimum absolute atomic E-state index is 0.719. The number of thiophene rings is 1. The lowest BCUT2D eigenvalue weighted by molar-refractivity contribution is 0.354. The first kappa shape index (κ1) is 21.1. The van der Waals surface area contributed by atoms with Crippen molar-refractivity contribution in [3.8, 4) is 11.5 Å². The second-order valence-electron chi connectivity index (χ2n) is 7.48. The van der Waals surface area contributed by atoms with Gasteiger partial charge in [-0.25, -0.2) is 9.97 Å². The predicted octanol–water partition coefficient (Wildman–Crippen LogP) is 5.57. The maximum Gasteiger partial charge on any atom is 0.160 e. The summed E-state index contributed by atoms with van der Waals surface area (Å²) in [5, 5.41) is 4.70.